The lowest BCUT2D eigenvalue weighted by molar-refractivity contribution is -0.137. The molecule has 39 heavy (non-hydrogen) atoms. The second-order valence-electron chi connectivity index (χ2n) is 8.91. The minimum absolute atomic E-state index is 0.0760. The maximum Gasteiger partial charge on any atom is 0.416 e. The van der Waals surface area contributed by atoms with Crippen LogP contribution in [0.4, 0.5) is 17.6 Å². The molecule has 0 saturated heterocycles. The van der Waals surface area contributed by atoms with Crippen molar-refractivity contribution in [2.45, 2.75) is 37.0 Å². The molecule has 0 aliphatic heterocycles. The third-order valence-electron chi connectivity index (χ3n) is 6.02. The molecule has 11 heteroatoms. The lowest BCUT2D eigenvalue weighted by Gasteiger charge is -2.18. The molecule has 6 nitrogen and oxygen atoms in total. The molecule has 1 amide bonds. The van der Waals surface area contributed by atoms with Crippen LogP contribution in [0.1, 0.15) is 27.9 Å². The van der Waals surface area contributed by atoms with Crippen LogP contribution >= 0.6 is 11.8 Å². The maximum absolute atomic E-state index is 13.1. The normalized spacial score (nSPS) is 11.4. The molecule has 4 aromatic rings. The van der Waals surface area contributed by atoms with Crippen molar-refractivity contribution in [3.63, 3.8) is 0 Å². The van der Waals surface area contributed by atoms with E-state index in [4.69, 9.17) is 0 Å². The molecule has 2 heterocycles. The van der Waals surface area contributed by atoms with Crippen LogP contribution in [0.3, 0.4) is 0 Å². The van der Waals surface area contributed by atoms with E-state index in [0.29, 0.717) is 33.4 Å². The van der Waals surface area contributed by atoms with E-state index < -0.39 is 11.7 Å². The maximum atomic E-state index is 13.1. The van der Waals surface area contributed by atoms with Crippen LogP contribution in [0.2, 0.25) is 0 Å². The smallest absolute Gasteiger partial charge is 0.341 e. The largest absolute Gasteiger partial charge is 0.416 e. The van der Waals surface area contributed by atoms with Gasteiger partial charge in [-0.25, -0.2) is 9.37 Å². The van der Waals surface area contributed by atoms with Crippen LogP contribution < -0.4 is 5.56 Å². The standard InChI is InChI=1S/C28H24F4N4O2S/c1-17-24(34-27(35-26(17)38)39-16-18-3-10-22(29)11-4-18)13-25(37)36(2)15-19-5-12-23(33-14-19)20-6-8-21(9-7-20)28(30,31)32/h3-12,14H,13,15-16H2,1-2H3,(H,34,35,38). The van der Waals surface area contributed by atoms with Crippen LogP contribution in [0, 0.1) is 12.7 Å². The van der Waals surface area contributed by atoms with Gasteiger partial charge in [0.05, 0.1) is 23.4 Å². The highest BCUT2D eigenvalue weighted by molar-refractivity contribution is 7.98. The fourth-order valence-electron chi connectivity index (χ4n) is 3.69. The van der Waals surface area contributed by atoms with Gasteiger partial charge in [0, 0.05) is 36.7 Å². The highest BCUT2D eigenvalue weighted by Crippen LogP contribution is 2.30. The third-order valence-corrected chi connectivity index (χ3v) is 6.96. The number of likely N-dealkylation sites (N-methyl/N-ethyl adjacent to an activating group) is 1. The molecule has 2 aromatic carbocycles. The zero-order chi connectivity index (χ0) is 28.2. The molecule has 4 rings (SSSR count). The first-order valence-corrected chi connectivity index (χ1v) is 12.8. The molecule has 0 spiro atoms. The van der Waals surface area contributed by atoms with Crippen molar-refractivity contribution in [3.8, 4) is 11.3 Å². The number of H-pyrrole nitrogens is 1. The summed E-state index contributed by atoms with van der Waals surface area (Å²) in [5, 5.41) is 0.364. The van der Waals surface area contributed by atoms with Gasteiger partial charge in [-0.1, -0.05) is 42.1 Å². The summed E-state index contributed by atoms with van der Waals surface area (Å²) < 4.78 is 51.5. The van der Waals surface area contributed by atoms with E-state index in [1.165, 1.54) is 40.9 Å². The number of carbonyl (C=O) groups excluding carboxylic acids is 1. The third kappa shape index (κ3) is 7.32. The average molecular weight is 557 g/mol. The van der Waals surface area contributed by atoms with Crippen LogP contribution in [-0.2, 0) is 29.7 Å². The first kappa shape index (κ1) is 28.0. The zero-order valence-electron chi connectivity index (χ0n) is 21.1. The summed E-state index contributed by atoms with van der Waals surface area (Å²) in [5.74, 6) is -0.117. The Balaban J connectivity index is 1.38. The summed E-state index contributed by atoms with van der Waals surface area (Å²) in [4.78, 5) is 38.3. The van der Waals surface area contributed by atoms with E-state index in [9.17, 15) is 27.2 Å². The Morgan fingerprint density at radius 2 is 1.67 bits per heavy atom. The predicted molar refractivity (Wildman–Crippen MR) is 140 cm³/mol. The SMILES string of the molecule is Cc1c(CC(=O)N(C)Cc2ccc(-c3ccc(C(F)(F)F)cc3)nc2)nc(SCc2ccc(F)cc2)[nH]c1=O. The zero-order valence-corrected chi connectivity index (χ0v) is 21.9. The Hall–Kier alpha value is -3.99. The number of alkyl halides is 3. The number of nitrogens with zero attached hydrogens (tertiary/aromatic N) is 3. The van der Waals surface area contributed by atoms with Crippen LogP contribution in [0.15, 0.2) is 76.8 Å². The number of halogens is 4. The topological polar surface area (TPSA) is 79.0 Å². The molecule has 0 aliphatic carbocycles. The van der Waals surface area contributed by atoms with Crippen molar-refractivity contribution < 1.29 is 22.4 Å². The van der Waals surface area contributed by atoms with E-state index in [1.807, 2.05) is 0 Å². The Morgan fingerprint density at radius 3 is 2.28 bits per heavy atom. The van der Waals surface area contributed by atoms with Crippen LogP contribution in [0.25, 0.3) is 11.3 Å². The molecule has 0 bridgehead atoms. The van der Waals surface area contributed by atoms with Gasteiger partial charge in [0.15, 0.2) is 5.16 Å². The predicted octanol–water partition coefficient (Wildman–Crippen LogP) is 5.79. The number of benzene rings is 2. The van der Waals surface area contributed by atoms with Crippen LogP contribution in [0.5, 0.6) is 0 Å². The summed E-state index contributed by atoms with van der Waals surface area (Å²) in [6.45, 7) is 1.85. The quantitative estimate of drug-likeness (QED) is 0.169. The van der Waals surface area contributed by atoms with Crippen LogP contribution in [-0.4, -0.2) is 32.8 Å². The van der Waals surface area contributed by atoms with E-state index in [0.717, 1.165) is 23.3 Å². The molecular formula is C28H24F4N4O2S. The van der Waals surface area contributed by atoms with Crippen molar-refractivity contribution in [3.05, 3.63) is 111 Å². The molecule has 0 radical (unpaired) electrons. The van der Waals surface area contributed by atoms with Crippen molar-refractivity contribution in [2.75, 3.05) is 7.05 Å². The lowest BCUT2D eigenvalue weighted by Crippen LogP contribution is -2.29. The van der Waals surface area contributed by atoms with Crippen molar-refractivity contribution in [1.82, 2.24) is 19.9 Å². The van der Waals surface area contributed by atoms with Crippen molar-refractivity contribution in [2.24, 2.45) is 0 Å². The van der Waals surface area contributed by atoms with Crippen molar-refractivity contribution in [1.29, 1.82) is 0 Å². The van der Waals surface area contributed by atoms with Gasteiger partial charge in [-0.3, -0.25) is 14.6 Å². The Bertz CT molecular complexity index is 1500. The first-order chi connectivity index (χ1) is 18.5. The summed E-state index contributed by atoms with van der Waals surface area (Å²) in [7, 11) is 1.62. The number of rotatable bonds is 8. The number of pyridine rings is 1. The number of aromatic nitrogens is 3. The fraction of sp³-hybridized carbons (Fsp3) is 0.214. The molecule has 202 valence electrons. The highest BCUT2D eigenvalue weighted by atomic mass is 32.2. The highest BCUT2D eigenvalue weighted by Gasteiger charge is 2.30. The average Bonchev–Trinajstić information content (AvgIpc) is 2.91. The number of amides is 1. The van der Waals surface area contributed by atoms with Gasteiger partial charge < -0.3 is 9.88 Å². The molecule has 1 N–H and O–H groups in total. The van der Waals surface area contributed by atoms with Crippen molar-refractivity contribution >= 4 is 17.7 Å². The molecule has 0 fully saturated rings. The summed E-state index contributed by atoms with van der Waals surface area (Å²) >= 11 is 1.28. The van der Waals surface area contributed by atoms with E-state index in [2.05, 4.69) is 15.0 Å². The number of hydrogen-bond donors (Lipinski definition) is 1. The minimum Gasteiger partial charge on any atom is -0.341 e. The second kappa shape index (κ2) is 11.8. The summed E-state index contributed by atoms with van der Waals surface area (Å²) in [6.07, 6.45) is -2.91. The van der Waals surface area contributed by atoms with Gasteiger partial charge >= 0.3 is 6.18 Å². The second-order valence-corrected chi connectivity index (χ2v) is 9.88. The van der Waals surface area contributed by atoms with Gasteiger partial charge in [0.1, 0.15) is 5.82 Å². The summed E-state index contributed by atoms with van der Waals surface area (Å²) in [6, 6.07) is 14.2. The first-order valence-electron chi connectivity index (χ1n) is 11.8. The monoisotopic (exact) mass is 556 g/mol. The summed E-state index contributed by atoms with van der Waals surface area (Å²) in [5.41, 5.74) is 2.30. The molecule has 2 aromatic heterocycles. The molecule has 0 atom stereocenters. The van der Waals surface area contributed by atoms with Gasteiger partial charge in [0.25, 0.3) is 5.56 Å². The van der Waals surface area contributed by atoms with Gasteiger partial charge in [-0.05, 0) is 48.4 Å². The van der Waals surface area contributed by atoms with Gasteiger partial charge in [0.2, 0.25) is 5.91 Å². The Morgan fingerprint density at radius 1 is 1.00 bits per heavy atom. The number of carbonyl (C=O) groups is 1. The molecule has 0 saturated carbocycles. The van der Waals surface area contributed by atoms with E-state index >= 15 is 0 Å². The number of aromatic amines is 1. The van der Waals surface area contributed by atoms with E-state index in [-0.39, 0.29) is 30.2 Å². The molecule has 0 aliphatic rings. The number of thioether (sulfide) groups is 1. The lowest BCUT2D eigenvalue weighted by atomic mass is 10.1. The van der Waals surface area contributed by atoms with Gasteiger partial charge in [-0.15, -0.1) is 0 Å². The Kier molecular flexibility index (Phi) is 8.49. The number of nitrogens with one attached hydrogen (secondary N) is 1. The minimum atomic E-state index is -4.40. The fourth-order valence-corrected chi connectivity index (χ4v) is 4.52. The molecule has 0 unspecified atom stereocenters. The van der Waals surface area contributed by atoms with E-state index in [1.54, 1.807) is 44.4 Å². The Labute approximate surface area is 226 Å². The number of hydrogen-bond acceptors (Lipinski definition) is 5. The van der Waals surface area contributed by atoms with Gasteiger partial charge in [-0.2, -0.15) is 13.2 Å². The molecular weight excluding hydrogens is 532 g/mol.